The molecule has 0 aliphatic rings. The molecule has 1 aromatic rings. The van der Waals surface area contributed by atoms with Crippen LogP contribution in [0.25, 0.3) is 0 Å². The van der Waals surface area contributed by atoms with E-state index < -0.39 is 0 Å². The summed E-state index contributed by atoms with van der Waals surface area (Å²) in [6.45, 7) is 3.89. The van der Waals surface area contributed by atoms with Gasteiger partial charge in [0.2, 0.25) is 0 Å². The Bertz CT molecular complexity index is 242. The summed E-state index contributed by atoms with van der Waals surface area (Å²) in [6.07, 6.45) is 6.88. The summed E-state index contributed by atoms with van der Waals surface area (Å²) in [5, 5.41) is 6.75. The fraction of sp³-hybridized carbons (Fsp3) is 0.750. The SMILES string of the molecule is CCCCCC(NCCOC)c1nccs1. The van der Waals surface area contributed by atoms with Crippen LogP contribution < -0.4 is 5.32 Å². The van der Waals surface area contributed by atoms with E-state index in [0.29, 0.717) is 6.04 Å². The molecule has 0 amide bonds. The minimum Gasteiger partial charge on any atom is -0.383 e. The highest BCUT2D eigenvalue weighted by Crippen LogP contribution is 2.21. The van der Waals surface area contributed by atoms with Gasteiger partial charge in [-0.1, -0.05) is 26.2 Å². The second-order valence-electron chi connectivity index (χ2n) is 3.87. The van der Waals surface area contributed by atoms with Gasteiger partial charge < -0.3 is 10.1 Å². The average Bonchev–Trinajstić information content (AvgIpc) is 2.81. The first-order valence-corrected chi connectivity index (χ1v) is 6.88. The Kier molecular flexibility index (Phi) is 7.38. The van der Waals surface area contributed by atoms with E-state index >= 15 is 0 Å². The molecule has 3 nitrogen and oxygen atoms in total. The largest absolute Gasteiger partial charge is 0.383 e. The van der Waals surface area contributed by atoms with Crippen molar-refractivity contribution in [3.63, 3.8) is 0 Å². The molecular formula is C12H22N2OS. The second-order valence-corrected chi connectivity index (χ2v) is 4.79. The number of aromatic nitrogens is 1. The minimum atomic E-state index is 0.404. The number of nitrogens with zero attached hydrogens (tertiary/aromatic N) is 1. The summed E-state index contributed by atoms with van der Waals surface area (Å²) in [7, 11) is 1.73. The van der Waals surface area contributed by atoms with Crippen LogP contribution in [0.2, 0.25) is 0 Å². The number of hydrogen-bond acceptors (Lipinski definition) is 4. The van der Waals surface area contributed by atoms with Gasteiger partial charge in [0, 0.05) is 25.2 Å². The van der Waals surface area contributed by atoms with E-state index in [1.165, 1.54) is 30.7 Å². The van der Waals surface area contributed by atoms with E-state index in [-0.39, 0.29) is 0 Å². The van der Waals surface area contributed by atoms with Gasteiger partial charge in [-0.3, -0.25) is 0 Å². The first-order chi connectivity index (χ1) is 7.88. The third kappa shape index (κ3) is 5.05. The summed E-state index contributed by atoms with van der Waals surface area (Å²) < 4.78 is 5.06. The molecule has 0 aliphatic heterocycles. The molecule has 0 aromatic carbocycles. The zero-order valence-corrected chi connectivity index (χ0v) is 11.1. The molecule has 1 heterocycles. The van der Waals surface area contributed by atoms with Crippen molar-refractivity contribution in [2.24, 2.45) is 0 Å². The van der Waals surface area contributed by atoms with Crippen LogP contribution in [-0.4, -0.2) is 25.2 Å². The molecule has 0 radical (unpaired) electrons. The second kappa shape index (κ2) is 8.67. The van der Waals surface area contributed by atoms with Crippen LogP contribution in [-0.2, 0) is 4.74 Å². The smallest absolute Gasteiger partial charge is 0.109 e. The number of ether oxygens (including phenoxy) is 1. The maximum absolute atomic E-state index is 5.06. The lowest BCUT2D eigenvalue weighted by Gasteiger charge is -2.16. The Morgan fingerprint density at radius 1 is 1.50 bits per heavy atom. The third-order valence-corrected chi connectivity index (χ3v) is 3.43. The van der Waals surface area contributed by atoms with Gasteiger partial charge >= 0.3 is 0 Å². The molecule has 1 unspecified atom stereocenters. The highest BCUT2D eigenvalue weighted by molar-refractivity contribution is 7.09. The van der Waals surface area contributed by atoms with E-state index in [0.717, 1.165) is 13.2 Å². The predicted molar refractivity (Wildman–Crippen MR) is 68.9 cm³/mol. The van der Waals surface area contributed by atoms with Crippen molar-refractivity contribution in [1.82, 2.24) is 10.3 Å². The van der Waals surface area contributed by atoms with Gasteiger partial charge in [-0.15, -0.1) is 11.3 Å². The molecule has 0 saturated carbocycles. The van der Waals surface area contributed by atoms with Crippen molar-refractivity contribution in [1.29, 1.82) is 0 Å². The van der Waals surface area contributed by atoms with Crippen LogP contribution in [0.1, 0.15) is 43.7 Å². The van der Waals surface area contributed by atoms with Crippen LogP contribution in [0.4, 0.5) is 0 Å². The first kappa shape index (κ1) is 13.6. The summed E-state index contributed by atoms with van der Waals surface area (Å²) >= 11 is 1.73. The average molecular weight is 242 g/mol. The molecule has 0 saturated heterocycles. The number of nitrogens with one attached hydrogen (secondary N) is 1. The Morgan fingerprint density at radius 2 is 2.38 bits per heavy atom. The van der Waals surface area contributed by atoms with Crippen molar-refractivity contribution < 1.29 is 4.74 Å². The number of thiazole rings is 1. The normalized spacial score (nSPS) is 12.9. The van der Waals surface area contributed by atoms with Crippen LogP contribution >= 0.6 is 11.3 Å². The molecule has 92 valence electrons. The summed E-state index contributed by atoms with van der Waals surface area (Å²) in [6, 6.07) is 0.404. The molecular weight excluding hydrogens is 220 g/mol. The van der Waals surface area contributed by atoms with Gasteiger partial charge in [-0.05, 0) is 6.42 Å². The standard InChI is InChI=1S/C12H22N2OS/c1-3-4-5-6-11(13-7-9-15-2)12-14-8-10-16-12/h8,10-11,13H,3-7,9H2,1-2H3. The fourth-order valence-corrected chi connectivity index (χ4v) is 2.40. The number of hydrogen-bond donors (Lipinski definition) is 1. The molecule has 1 rings (SSSR count). The van der Waals surface area contributed by atoms with Crippen molar-refractivity contribution in [2.75, 3.05) is 20.3 Å². The van der Waals surface area contributed by atoms with Crippen molar-refractivity contribution in [3.05, 3.63) is 16.6 Å². The third-order valence-electron chi connectivity index (χ3n) is 2.54. The topological polar surface area (TPSA) is 34.1 Å². The Labute approximate surface area is 102 Å². The van der Waals surface area contributed by atoms with Gasteiger partial charge in [0.05, 0.1) is 12.6 Å². The number of methoxy groups -OCH3 is 1. The highest BCUT2D eigenvalue weighted by Gasteiger charge is 2.12. The Hall–Kier alpha value is -0.450. The minimum absolute atomic E-state index is 0.404. The molecule has 1 aromatic heterocycles. The van der Waals surface area contributed by atoms with Crippen molar-refractivity contribution in [3.8, 4) is 0 Å². The van der Waals surface area contributed by atoms with Crippen molar-refractivity contribution >= 4 is 11.3 Å². The molecule has 0 spiro atoms. The molecule has 0 aliphatic carbocycles. The van der Waals surface area contributed by atoms with Gasteiger partial charge in [-0.2, -0.15) is 0 Å². The van der Waals surface area contributed by atoms with Crippen LogP contribution in [0.15, 0.2) is 11.6 Å². The summed E-state index contributed by atoms with van der Waals surface area (Å²) in [5.41, 5.74) is 0. The lowest BCUT2D eigenvalue weighted by molar-refractivity contribution is 0.195. The van der Waals surface area contributed by atoms with Crippen LogP contribution in [0.3, 0.4) is 0 Å². The van der Waals surface area contributed by atoms with Crippen LogP contribution in [0, 0.1) is 0 Å². The number of rotatable bonds is 9. The molecule has 16 heavy (non-hydrogen) atoms. The quantitative estimate of drug-likeness (QED) is 0.676. The van der Waals surface area contributed by atoms with E-state index in [1.54, 1.807) is 18.4 Å². The zero-order valence-electron chi connectivity index (χ0n) is 10.2. The zero-order chi connectivity index (χ0) is 11.6. The lowest BCUT2D eigenvalue weighted by atomic mass is 10.1. The molecule has 1 N–H and O–H groups in total. The molecule has 0 bridgehead atoms. The highest BCUT2D eigenvalue weighted by atomic mass is 32.1. The fourth-order valence-electron chi connectivity index (χ4n) is 1.65. The predicted octanol–water partition coefficient (Wildman–Crippen LogP) is 3.00. The molecule has 0 fully saturated rings. The van der Waals surface area contributed by atoms with Gasteiger partial charge in [0.15, 0.2) is 0 Å². The van der Waals surface area contributed by atoms with E-state index in [9.17, 15) is 0 Å². The first-order valence-electron chi connectivity index (χ1n) is 6.00. The number of unbranched alkanes of at least 4 members (excludes halogenated alkanes) is 2. The van der Waals surface area contributed by atoms with Crippen LogP contribution in [0.5, 0.6) is 0 Å². The van der Waals surface area contributed by atoms with Gasteiger partial charge in [0.25, 0.3) is 0 Å². The molecule has 4 heteroatoms. The summed E-state index contributed by atoms with van der Waals surface area (Å²) in [4.78, 5) is 4.39. The summed E-state index contributed by atoms with van der Waals surface area (Å²) in [5.74, 6) is 0. The van der Waals surface area contributed by atoms with E-state index in [4.69, 9.17) is 4.74 Å². The van der Waals surface area contributed by atoms with E-state index in [1.807, 2.05) is 11.6 Å². The monoisotopic (exact) mass is 242 g/mol. The Morgan fingerprint density at radius 3 is 3.00 bits per heavy atom. The Balaban J connectivity index is 2.36. The molecule has 1 atom stereocenters. The van der Waals surface area contributed by atoms with Gasteiger partial charge in [-0.25, -0.2) is 4.98 Å². The van der Waals surface area contributed by atoms with E-state index in [2.05, 4.69) is 17.2 Å². The van der Waals surface area contributed by atoms with Gasteiger partial charge in [0.1, 0.15) is 5.01 Å². The maximum Gasteiger partial charge on any atom is 0.109 e. The van der Waals surface area contributed by atoms with Crippen molar-refractivity contribution in [2.45, 2.75) is 38.6 Å². The maximum atomic E-state index is 5.06. The lowest BCUT2D eigenvalue weighted by Crippen LogP contribution is -2.25.